The number of aromatic amines is 1. The molecule has 11 N–H and O–H groups in total. The molecule has 26 nitrogen and oxygen atoms in total. The molecular weight excluding hydrogens is 1030 g/mol. The van der Waals surface area contributed by atoms with E-state index in [1.165, 1.54) is 55.0 Å². The van der Waals surface area contributed by atoms with Crippen LogP contribution in [0.1, 0.15) is 57.1 Å². The van der Waals surface area contributed by atoms with E-state index < -0.39 is 68.4 Å². The van der Waals surface area contributed by atoms with Crippen molar-refractivity contribution < 1.29 is 88.1 Å². The van der Waals surface area contributed by atoms with Gasteiger partial charge >= 0.3 is 0 Å². The fourth-order valence-corrected chi connectivity index (χ4v) is 7.59. The number of aromatic hydroxyl groups is 3. The van der Waals surface area contributed by atoms with Crippen LogP contribution in [-0.2, 0) is 42.3 Å². The third-order valence-corrected chi connectivity index (χ3v) is 11.6. The average molecular weight is 1080 g/mol. The molecule has 0 radical (unpaired) electrons. The Kier molecular flexibility index (Phi) is 22.0. The second-order valence-electron chi connectivity index (χ2n) is 15.6. The number of benzene rings is 4. The first kappa shape index (κ1) is 59.1. The SMILES string of the molecule is CCCCC(CC)COCCCN.Cc1cc(O)cc(-n2cc(N=Nc3cc([N+](=O)[O-])cc(S(=O)(=O)O)c3O)cn2)c1.Cc1cc([OH2+])cc(-[n+]2cc(N=[NH+]c3cc([N+](=O)[O-])cc(S(=O)(=O)O)c3O)c[nH]2)c1.[Cr]. The summed E-state index contributed by atoms with van der Waals surface area (Å²) < 4.78 is 72.2. The summed E-state index contributed by atoms with van der Waals surface area (Å²) >= 11 is 0. The van der Waals surface area contributed by atoms with E-state index in [-0.39, 0.29) is 34.5 Å². The summed E-state index contributed by atoms with van der Waals surface area (Å²) in [5.41, 5.74) is 6.43. The van der Waals surface area contributed by atoms with Crippen LogP contribution < -0.4 is 15.5 Å². The molecule has 4 aromatic carbocycles. The van der Waals surface area contributed by atoms with E-state index in [1.54, 1.807) is 42.1 Å². The number of hydrogen-bond donors (Lipinski definition) is 8. The number of non-ortho nitro benzene ring substituents is 2. The molecule has 2 heterocycles. The maximum Gasteiger partial charge on any atom is 0.298 e. The molecule has 386 valence electrons. The number of unbranched alkanes of at least 4 members (excludes halogenated alkanes) is 1. The minimum absolute atomic E-state index is 0. The largest absolute Gasteiger partial charge is 0.593 e. The Bertz CT molecular complexity index is 2900. The monoisotopic (exact) mass is 1080 g/mol. The van der Waals surface area contributed by atoms with Crippen molar-refractivity contribution in [3.63, 3.8) is 0 Å². The normalized spacial score (nSPS) is 11.9. The number of hydrogen-bond acceptors (Lipinski definition) is 17. The van der Waals surface area contributed by atoms with Gasteiger partial charge in [0.1, 0.15) is 33.0 Å². The van der Waals surface area contributed by atoms with E-state index in [1.807, 2.05) is 13.0 Å². The third-order valence-electron chi connectivity index (χ3n) is 9.88. The Hall–Kier alpha value is -7.23. The average Bonchev–Trinajstić information content (AvgIpc) is 3.98. The van der Waals surface area contributed by atoms with E-state index in [9.17, 15) is 52.4 Å². The molecule has 0 spiro atoms. The van der Waals surface area contributed by atoms with Crippen LogP contribution in [0.3, 0.4) is 0 Å². The maximum absolute atomic E-state index is 11.4. The third kappa shape index (κ3) is 17.6. The molecule has 0 saturated heterocycles. The van der Waals surface area contributed by atoms with Crippen molar-refractivity contribution in [1.82, 2.24) is 14.9 Å². The minimum Gasteiger partial charge on any atom is -0.593 e. The van der Waals surface area contributed by atoms with E-state index in [4.69, 9.17) is 24.7 Å². The predicted molar refractivity (Wildman–Crippen MR) is 254 cm³/mol. The van der Waals surface area contributed by atoms with E-state index in [2.05, 4.69) is 44.5 Å². The van der Waals surface area contributed by atoms with Crippen molar-refractivity contribution in [3.05, 3.63) is 117 Å². The van der Waals surface area contributed by atoms with Crippen molar-refractivity contribution in [2.45, 2.75) is 69.6 Å². The Balaban J connectivity index is 0.000000304. The Morgan fingerprint density at radius 2 is 1.51 bits per heavy atom. The Morgan fingerprint density at radius 3 is 2.10 bits per heavy atom. The number of nitrogens with one attached hydrogen (secondary N) is 2. The molecule has 0 aliphatic rings. The molecule has 0 saturated carbocycles. The fourth-order valence-electron chi connectivity index (χ4n) is 6.34. The van der Waals surface area contributed by atoms with Crippen molar-refractivity contribution in [3.8, 4) is 34.4 Å². The molecule has 29 heteroatoms. The number of aryl methyl sites for hydroxylation is 2. The molecule has 0 amide bonds. The topological polar surface area (TPSA) is 402 Å². The summed E-state index contributed by atoms with van der Waals surface area (Å²) in [6.45, 7) is 10.6. The van der Waals surface area contributed by atoms with Gasteiger partial charge in [-0.15, -0.1) is 10.2 Å². The number of azo groups is 2. The van der Waals surface area contributed by atoms with Gasteiger partial charge in [0.2, 0.25) is 23.3 Å². The zero-order valence-electron chi connectivity index (χ0n) is 39.1. The number of rotatable bonds is 19. The van der Waals surface area contributed by atoms with Gasteiger partial charge in [-0.2, -0.15) is 27.0 Å². The van der Waals surface area contributed by atoms with Gasteiger partial charge in [-0.25, -0.2) is 4.68 Å². The summed E-state index contributed by atoms with van der Waals surface area (Å²) in [6, 6.07) is 12.6. The smallest absolute Gasteiger partial charge is 0.298 e. The van der Waals surface area contributed by atoms with Crippen LogP contribution in [0.4, 0.5) is 34.1 Å². The van der Waals surface area contributed by atoms with Crippen LogP contribution in [0, 0.1) is 40.0 Å². The van der Waals surface area contributed by atoms with Crippen molar-refractivity contribution in [2.24, 2.45) is 27.0 Å². The van der Waals surface area contributed by atoms with Crippen LogP contribution in [-0.4, -0.2) is 90.9 Å². The molecule has 72 heavy (non-hydrogen) atoms. The van der Waals surface area contributed by atoms with E-state index >= 15 is 0 Å². The summed E-state index contributed by atoms with van der Waals surface area (Å²) in [5.74, 6) is -0.783. The quantitative estimate of drug-likeness (QED) is 0.00661. The van der Waals surface area contributed by atoms with Gasteiger partial charge in [-0.1, -0.05) is 42.9 Å². The van der Waals surface area contributed by atoms with Gasteiger partial charge < -0.3 is 30.9 Å². The number of nitro benzene ring substituents is 2. The van der Waals surface area contributed by atoms with Crippen LogP contribution in [0.5, 0.6) is 23.0 Å². The summed E-state index contributed by atoms with van der Waals surface area (Å²) in [5, 5.41) is 80.1. The van der Waals surface area contributed by atoms with Crippen molar-refractivity contribution in [2.75, 3.05) is 19.8 Å². The van der Waals surface area contributed by atoms with E-state index in [0.717, 1.165) is 55.4 Å². The number of H-pyrrole nitrogens is 1. The van der Waals surface area contributed by atoms with Crippen LogP contribution >= 0.6 is 0 Å². The summed E-state index contributed by atoms with van der Waals surface area (Å²) in [7, 11) is -9.83. The Labute approximate surface area is 423 Å². The molecule has 2 aromatic heterocycles. The molecule has 6 rings (SSSR count). The summed E-state index contributed by atoms with van der Waals surface area (Å²) in [6.07, 6.45) is 11.9. The molecule has 1 atom stereocenters. The fraction of sp³-hybridized carbons (Fsp3) is 0.302. The first-order valence-corrected chi connectivity index (χ1v) is 24.2. The van der Waals surface area contributed by atoms with Gasteiger partial charge in [-0.05, 0) is 62.4 Å². The first-order valence-electron chi connectivity index (χ1n) is 21.4. The molecular formula is C43H54CrN11O15S2+3. The van der Waals surface area contributed by atoms with Crippen molar-refractivity contribution in [1.29, 1.82) is 0 Å². The number of nitro groups is 2. The number of aromatic nitrogens is 4. The number of phenolic OH excluding ortho intramolecular Hbond substituents is 3. The number of ether oxygens (including phenoxy) is 1. The van der Waals surface area contributed by atoms with Gasteiger partial charge in [0, 0.05) is 72.1 Å². The minimum atomic E-state index is -4.93. The zero-order valence-corrected chi connectivity index (χ0v) is 42.0. The van der Waals surface area contributed by atoms with Gasteiger partial charge in [0.25, 0.3) is 43.0 Å². The second kappa shape index (κ2) is 26.8. The molecule has 0 fully saturated rings. The number of phenols is 3. The van der Waals surface area contributed by atoms with Gasteiger partial charge in [-0.3, -0.25) is 29.3 Å². The van der Waals surface area contributed by atoms with Gasteiger partial charge in [0.15, 0.2) is 5.75 Å². The van der Waals surface area contributed by atoms with Gasteiger partial charge in [0.05, 0.1) is 40.2 Å². The summed E-state index contributed by atoms with van der Waals surface area (Å²) in [4.78, 5) is 18.1. The molecule has 0 aliphatic carbocycles. The van der Waals surface area contributed by atoms with Crippen LogP contribution in [0.2, 0.25) is 0 Å². The second-order valence-corrected chi connectivity index (χ2v) is 18.4. The molecule has 0 bridgehead atoms. The number of nitrogens with zero attached hydrogens (tertiary/aromatic N) is 8. The zero-order chi connectivity index (χ0) is 52.6. The van der Waals surface area contributed by atoms with E-state index in [0.29, 0.717) is 34.9 Å². The van der Waals surface area contributed by atoms with Crippen molar-refractivity contribution >= 4 is 54.4 Å². The molecule has 1 unspecified atom stereocenters. The Morgan fingerprint density at radius 1 is 0.875 bits per heavy atom. The predicted octanol–water partition coefficient (Wildman–Crippen LogP) is 6.12. The first-order chi connectivity index (χ1) is 33.4. The standard InChI is InChI=1S/2C16H13N5O7S.C11H25NO.Cr/c2*1-9-2-11(4-13(22)3-9)20-8-10(7-17-20)18-19-14-5-12(21(24)25)6-15(16(14)23)29(26,27)28;1-3-5-7-11(4-2)10-13-9-6-8-12;/h2-8H,1H3,(H3,18,22,23,26,27,28);2-8,22-23H,1H3,(H,26,27,28);11H,3-10,12H2,1-2H3;/p+3. The maximum atomic E-state index is 11.4. The number of nitrogens with two attached hydrogens (primary N) is 1. The van der Waals surface area contributed by atoms with Crippen LogP contribution in [0.15, 0.2) is 111 Å². The molecule has 6 aromatic rings. The molecule has 0 aliphatic heterocycles. The van der Waals surface area contributed by atoms with Crippen LogP contribution in [0.25, 0.3) is 11.4 Å².